The van der Waals surface area contributed by atoms with Crippen molar-refractivity contribution in [1.82, 2.24) is 5.32 Å². The van der Waals surface area contributed by atoms with Crippen LogP contribution in [-0.2, 0) is 0 Å². The van der Waals surface area contributed by atoms with Gasteiger partial charge in [0, 0.05) is 17.8 Å². The highest BCUT2D eigenvalue weighted by atomic mass is 16.1. The van der Waals surface area contributed by atoms with Crippen LogP contribution in [0.15, 0.2) is 24.3 Å². The monoisotopic (exact) mass is 388 g/mol. The largest absolute Gasteiger partial charge is 0.399 e. The minimum atomic E-state index is -0.0201. The topological polar surface area (TPSA) is 55.1 Å². The van der Waals surface area contributed by atoms with E-state index in [4.69, 9.17) is 5.73 Å². The number of unbranched alkanes of at least 4 members (excludes halogenated alkanes) is 15. The molecule has 0 spiro atoms. The van der Waals surface area contributed by atoms with Crippen LogP contribution in [0.2, 0.25) is 0 Å². The predicted molar refractivity (Wildman–Crippen MR) is 123 cm³/mol. The third-order valence-corrected chi connectivity index (χ3v) is 5.46. The highest BCUT2D eigenvalue weighted by molar-refractivity contribution is 5.94. The first-order valence-electron chi connectivity index (χ1n) is 11.9. The first kappa shape index (κ1) is 24.5. The van der Waals surface area contributed by atoms with Gasteiger partial charge in [-0.1, -0.05) is 109 Å². The molecule has 1 amide bonds. The molecule has 3 heteroatoms. The minimum Gasteiger partial charge on any atom is -0.399 e. The van der Waals surface area contributed by atoms with Gasteiger partial charge in [0.15, 0.2) is 0 Å². The Labute approximate surface area is 173 Å². The molecule has 1 aromatic rings. The Bertz CT molecular complexity index is 501. The molecule has 3 nitrogen and oxygen atoms in total. The first-order chi connectivity index (χ1) is 13.7. The van der Waals surface area contributed by atoms with Crippen LogP contribution >= 0.6 is 0 Å². The Balaban J connectivity index is 1.79. The van der Waals surface area contributed by atoms with Crippen molar-refractivity contribution in [2.75, 3.05) is 12.3 Å². The van der Waals surface area contributed by atoms with Gasteiger partial charge in [-0.25, -0.2) is 0 Å². The highest BCUT2D eigenvalue weighted by Crippen LogP contribution is 2.13. The predicted octanol–water partition coefficient (Wildman–Crippen LogP) is 7.26. The quantitative estimate of drug-likeness (QED) is 0.205. The maximum absolute atomic E-state index is 12.0. The molecule has 0 unspecified atom stereocenters. The molecule has 1 rings (SSSR count). The Morgan fingerprint density at radius 1 is 0.750 bits per heavy atom. The number of hydrogen-bond donors (Lipinski definition) is 2. The van der Waals surface area contributed by atoms with Gasteiger partial charge in [0.05, 0.1) is 0 Å². The maximum Gasteiger partial charge on any atom is 0.251 e. The SMILES string of the molecule is CCCCCCCCCCCCCCCCCCNC(=O)c1cccc(N)c1. The van der Waals surface area contributed by atoms with Crippen LogP contribution in [-0.4, -0.2) is 12.5 Å². The van der Waals surface area contributed by atoms with E-state index in [0.29, 0.717) is 11.3 Å². The summed E-state index contributed by atoms with van der Waals surface area (Å²) in [5.74, 6) is -0.0201. The van der Waals surface area contributed by atoms with Crippen LogP contribution in [0.25, 0.3) is 0 Å². The molecule has 0 radical (unpaired) electrons. The summed E-state index contributed by atoms with van der Waals surface area (Å²) in [7, 11) is 0. The summed E-state index contributed by atoms with van der Waals surface area (Å²) in [6.07, 6.45) is 21.9. The van der Waals surface area contributed by atoms with E-state index in [0.717, 1.165) is 13.0 Å². The minimum absolute atomic E-state index is 0.0201. The zero-order valence-electron chi connectivity index (χ0n) is 18.3. The molecule has 3 N–H and O–H groups in total. The fraction of sp³-hybridized carbons (Fsp3) is 0.720. The number of rotatable bonds is 18. The Morgan fingerprint density at radius 3 is 1.68 bits per heavy atom. The third-order valence-electron chi connectivity index (χ3n) is 5.46. The Morgan fingerprint density at radius 2 is 1.21 bits per heavy atom. The summed E-state index contributed by atoms with van der Waals surface area (Å²) in [6.45, 7) is 3.04. The van der Waals surface area contributed by atoms with Gasteiger partial charge in [0.2, 0.25) is 0 Å². The molecule has 0 saturated carbocycles. The fourth-order valence-corrected chi connectivity index (χ4v) is 3.66. The smallest absolute Gasteiger partial charge is 0.251 e. The number of amides is 1. The van der Waals surface area contributed by atoms with E-state index in [2.05, 4.69) is 12.2 Å². The lowest BCUT2D eigenvalue weighted by Gasteiger charge is -2.06. The molecule has 0 aliphatic carbocycles. The highest BCUT2D eigenvalue weighted by Gasteiger charge is 2.04. The Hall–Kier alpha value is -1.51. The molecule has 0 fully saturated rings. The molecular formula is C25H44N2O. The number of hydrogen-bond acceptors (Lipinski definition) is 2. The summed E-state index contributed by atoms with van der Waals surface area (Å²) in [4.78, 5) is 12.0. The second-order valence-electron chi connectivity index (χ2n) is 8.18. The van der Waals surface area contributed by atoms with Crippen molar-refractivity contribution < 1.29 is 4.79 Å². The van der Waals surface area contributed by atoms with Gasteiger partial charge in [0.25, 0.3) is 5.91 Å². The van der Waals surface area contributed by atoms with E-state index in [-0.39, 0.29) is 5.91 Å². The molecule has 28 heavy (non-hydrogen) atoms. The van der Waals surface area contributed by atoms with E-state index in [1.54, 1.807) is 18.2 Å². The van der Waals surface area contributed by atoms with Crippen LogP contribution in [0.4, 0.5) is 5.69 Å². The second kappa shape index (κ2) is 17.6. The van der Waals surface area contributed by atoms with Gasteiger partial charge >= 0.3 is 0 Å². The van der Waals surface area contributed by atoms with E-state index < -0.39 is 0 Å². The molecule has 0 aromatic heterocycles. The molecule has 1 aromatic carbocycles. The van der Waals surface area contributed by atoms with Crippen LogP contribution in [0, 0.1) is 0 Å². The van der Waals surface area contributed by atoms with Crippen molar-refractivity contribution in [2.24, 2.45) is 0 Å². The van der Waals surface area contributed by atoms with Crippen LogP contribution in [0.3, 0.4) is 0 Å². The molecule has 0 aliphatic heterocycles. The lowest BCUT2D eigenvalue weighted by molar-refractivity contribution is 0.0953. The van der Waals surface area contributed by atoms with Crippen LogP contribution in [0.5, 0.6) is 0 Å². The number of benzene rings is 1. The third kappa shape index (κ3) is 13.6. The van der Waals surface area contributed by atoms with Gasteiger partial charge < -0.3 is 11.1 Å². The molecule has 0 heterocycles. The number of carbonyl (C=O) groups excluding carboxylic acids is 1. The number of nitrogens with two attached hydrogens (primary N) is 1. The van der Waals surface area contributed by atoms with Crippen molar-refractivity contribution >= 4 is 11.6 Å². The van der Waals surface area contributed by atoms with Gasteiger partial charge in [-0.15, -0.1) is 0 Å². The molecule has 0 bridgehead atoms. The van der Waals surface area contributed by atoms with E-state index in [1.807, 2.05) is 6.07 Å². The van der Waals surface area contributed by atoms with Crippen molar-refractivity contribution in [3.8, 4) is 0 Å². The van der Waals surface area contributed by atoms with E-state index >= 15 is 0 Å². The molecule has 0 aliphatic rings. The number of anilines is 1. The average molecular weight is 389 g/mol. The standard InChI is InChI=1S/C25H44N2O/c1-2-3-4-5-6-7-8-9-10-11-12-13-14-15-16-17-21-27-25(28)23-19-18-20-24(26)22-23/h18-20,22H,2-17,21,26H2,1H3,(H,27,28). The molecule has 0 atom stereocenters. The van der Waals surface area contributed by atoms with Gasteiger partial charge in [-0.2, -0.15) is 0 Å². The van der Waals surface area contributed by atoms with Crippen LogP contribution < -0.4 is 11.1 Å². The lowest BCUT2D eigenvalue weighted by atomic mass is 10.0. The second-order valence-corrected chi connectivity index (χ2v) is 8.18. The van der Waals surface area contributed by atoms with Gasteiger partial charge in [-0.05, 0) is 24.6 Å². The van der Waals surface area contributed by atoms with E-state index in [1.165, 1.54) is 96.3 Å². The van der Waals surface area contributed by atoms with Crippen molar-refractivity contribution in [3.05, 3.63) is 29.8 Å². The first-order valence-corrected chi connectivity index (χ1v) is 11.9. The summed E-state index contributed by atoms with van der Waals surface area (Å²) < 4.78 is 0. The summed E-state index contributed by atoms with van der Waals surface area (Å²) in [6, 6.07) is 7.15. The molecule has 160 valence electrons. The van der Waals surface area contributed by atoms with Gasteiger partial charge in [0.1, 0.15) is 0 Å². The van der Waals surface area contributed by atoms with Gasteiger partial charge in [-0.3, -0.25) is 4.79 Å². The number of nitrogens with one attached hydrogen (secondary N) is 1. The zero-order valence-corrected chi connectivity index (χ0v) is 18.3. The summed E-state index contributed by atoms with van der Waals surface area (Å²) in [5.41, 5.74) is 7.00. The number of nitrogen functional groups attached to an aromatic ring is 1. The average Bonchev–Trinajstić information content (AvgIpc) is 2.70. The van der Waals surface area contributed by atoms with Crippen LogP contribution in [0.1, 0.15) is 120 Å². The summed E-state index contributed by atoms with van der Waals surface area (Å²) in [5, 5.41) is 2.98. The van der Waals surface area contributed by atoms with E-state index in [9.17, 15) is 4.79 Å². The molecular weight excluding hydrogens is 344 g/mol. The zero-order chi connectivity index (χ0) is 20.3. The number of carbonyl (C=O) groups is 1. The maximum atomic E-state index is 12.0. The summed E-state index contributed by atoms with van der Waals surface area (Å²) >= 11 is 0. The lowest BCUT2D eigenvalue weighted by Crippen LogP contribution is -2.24. The van der Waals surface area contributed by atoms with Crippen molar-refractivity contribution in [2.45, 2.75) is 110 Å². The van der Waals surface area contributed by atoms with Crippen molar-refractivity contribution in [1.29, 1.82) is 0 Å². The Kier molecular flexibility index (Phi) is 15.4. The van der Waals surface area contributed by atoms with Crippen molar-refractivity contribution in [3.63, 3.8) is 0 Å². The normalized spacial score (nSPS) is 10.9. The fourth-order valence-electron chi connectivity index (χ4n) is 3.66. The molecule has 0 saturated heterocycles.